The number of hydrogen-bond acceptors (Lipinski definition) is 8. The SMILES string of the molecule is COC(=O)c1cnc(Nc2ccc(CNC(=O)OC(C)(C)C)cc2)c([N+](=O)[O-])c1. The molecule has 2 rings (SSSR count). The number of nitro groups is 1. The highest BCUT2D eigenvalue weighted by atomic mass is 16.6. The smallest absolute Gasteiger partial charge is 0.407 e. The third-order valence-electron chi connectivity index (χ3n) is 3.54. The summed E-state index contributed by atoms with van der Waals surface area (Å²) in [4.78, 5) is 37.8. The number of esters is 1. The Bertz CT molecular complexity index is 906. The minimum Gasteiger partial charge on any atom is -0.465 e. The van der Waals surface area contributed by atoms with Crippen LogP contribution in [0, 0.1) is 10.1 Å². The van der Waals surface area contributed by atoms with E-state index < -0.39 is 22.6 Å². The second kappa shape index (κ2) is 9.00. The zero-order valence-electron chi connectivity index (χ0n) is 16.5. The van der Waals surface area contributed by atoms with Crippen LogP contribution in [-0.4, -0.2) is 34.7 Å². The molecular formula is C19H22N4O6. The Labute approximate surface area is 167 Å². The van der Waals surface area contributed by atoms with Gasteiger partial charge in [0.25, 0.3) is 0 Å². The Morgan fingerprint density at radius 2 is 1.86 bits per heavy atom. The van der Waals surface area contributed by atoms with Crippen LogP contribution < -0.4 is 10.6 Å². The lowest BCUT2D eigenvalue weighted by atomic mass is 10.2. The first-order valence-corrected chi connectivity index (χ1v) is 8.64. The number of carbonyl (C=O) groups excluding carboxylic acids is 2. The minimum absolute atomic E-state index is 0.0118. The Hall–Kier alpha value is -3.69. The molecule has 0 radical (unpaired) electrons. The maximum absolute atomic E-state index is 11.7. The second-order valence-electron chi connectivity index (χ2n) is 7.02. The molecule has 29 heavy (non-hydrogen) atoms. The molecule has 0 saturated carbocycles. The molecule has 1 aromatic carbocycles. The average molecular weight is 402 g/mol. The van der Waals surface area contributed by atoms with Crippen molar-refractivity contribution in [3.05, 3.63) is 57.8 Å². The maximum atomic E-state index is 11.7. The van der Waals surface area contributed by atoms with Crippen LogP contribution in [0.15, 0.2) is 36.5 Å². The zero-order chi connectivity index (χ0) is 21.6. The van der Waals surface area contributed by atoms with E-state index in [4.69, 9.17) is 4.74 Å². The van der Waals surface area contributed by atoms with Crippen LogP contribution in [0.5, 0.6) is 0 Å². The van der Waals surface area contributed by atoms with Crippen LogP contribution in [0.3, 0.4) is 0 Å². The Balaban J connectivity index is 2.07. The molecule has 0 aliphatic carbocycles. The van der Waals surface area contributed by atoms with Gasteiger partial charge in [-0.1, -0.05) is 12.1 Å². The van der Waals surface area contributed by atoms with Crippen LogP contribution in [0.2, 0.25) is 0 Å². The van der Waals surface area contributed by atoms with E-state index in [2.05, 4.69) is 20.4 Å². The zero-order valence-corrected chi connectivity index (χ0v) is 16.5. The van der Waals surface area contributed by atoms with Gasteiger partial charge in [0.15, 0.2) is 0 Å². The number of amides is 1. The summed E-state index contributed by atoms with van der Waals surface area (Å²) < 4.78 is 9.71. The van der Waals surface area contributed by atoms with Crippen molar-refractivity contribution in [2.75, 3.05) is 12.4 Å². The van der Waals surface area contributed by atoms with Crippen LogP contribution >= 0.6 is 0 Å². The third-order valence-corrected chi connectivity index (χ3v) is 3.54. The van der Waals surface area contributed by atoms with Crippen LogP contribution in [0.1, 0.15) is 36.7 Å². The van der Waals surface area contributed by atoms with Gasteiger partial charge in [-0.25, -0.2) is 14.6 Å². The molecule has 154 valence electrons. The fraction of sp³-hybridized carbons (Fsp3) is 0.316. The summed E-state index contributed by atoms with van der Waals surface area (Å²) in [5.74, 6) is -0.726. The predicted molar refractivity (Wildman–Crippen MR) is 105 cm³/mol. The molecule has 0 bridgehead atoms. The standard InChI is InChI=1S/C19H22N4O6/c1-19(2,3)29-18(25)21-10-12-5-7-14(8-6-12)22-16-15(23(26)27)9-13(11-20-16)17(24)28-4/h5-9,11H,10H2,1-4H3,(H,20,22)(H,21,25). The number of nitrogens with zero attached hydrogens (tertiary/aromatic N) is 2. The van der Waals surface area contributed by atoms with Gasteiger partial charge in [0.05, 0.1) is 17.6 Å². The van der Waals surface area contributed by atoms with Gasteiger partial charge in [-0.15, -0.1) is 0 Å². The van der Waals surface area contributed by atoms with Crippen molar-refractivity contribution < 1.29 is 24.0 Å². The first-order valence-electron chi connectivity index (χ1n) is 8.64. The molecule has 0 aliphatic heterocycles. The fourth-order valence-corrected chi connectivity index (χ4v) is 2.25. The molecule has 0 unspecified atom stereocenters. The van der Waals surface area contributed by atoms with E-state index >= 15 is 0 Å². The summed E-state index contributed by atoms with van der Waals surface area (Å²) in [5.41, 5.74) is 0.400. The molecule has 10 nitrogen and oxygen atoms in total. The number of carbonyl (C=O) groups is 2. The topological polar surface area (TPSA) is 133 Å². The summed E-state index contributed by atoms with van der Waals surface area (Å²) in [6, 6.07) is 7.96. The Morgan fingerprint density at radius 1 is 1.21 bits per heavy atom. The molecule has 0 atom stereocenters. The van der Waals surface area contributed by atoms with Crippen molar-refractivity contribution in [2.24, 2.45) is 0 Å². The minimum atomic E-state index is -0.714. The van der Waals surface area contributed by atoms with Crippen molar-refractivity contribution >= 4 is 29.3 Å². The van der Waals surface area contributed by atoms with Crippen LogP contribution in [0.25, 0.3) is 0 Å². The quantitative estimate of drug-likeness (QED) is 0.426. The van der Waals surface area contributed by atoms with E-state index in [0.29, 0.717) is 5.69 Å². The van der Waals surface area contributed by atoms with E-state index in [1.54, 1.807) is 45.0 Å². The third kappa shape index (κ3) is 6.45. The molecule has 0 aliphatic rings. The van der Waals surface area contributed by atoms with Gasteiger partial charge < -0.3 is 20.1 Å². The number of methoxy groups -OCH3 is 1. The molecule has 0 fully saturated rings. The lowest BCUT2D eigenvalue weighted by Gasteiger charge is -2.19. The Morgan fingerprint density at radius 3 is 2.41 bits per heavy atom. The van der Waals surface area contributed by atoms with E-state index in [-0.39, 0.29) is 23.6 Å². The molecule has 1 heterocycles. The van der Waals surface area contributed by atoms with Crippen molar-refractivity contribution in [1.82, 2.24) is 10.3 Å². The highest BCUT2D eigenvalue weighted by molar-refractivity contribution is 5.90. The van der Waals surface area contributed by atoms with Crippen molar-refractivity contribution in [1.29, 1.82) is 0 Å². The number of benzene rings is 1. The number of hydrogen-bond donors (Lipinski definition) is 2. The second-order valence-corrected chi connectivity index (χ2v) is 7.02. The molecule has 0 spiro atoms. The maximum Gasteiger partial charge on any atom is 0.407 e. The molecule has 2 N–H and O–H groups in total. The summed E-state index contributed by atoms with van der Waals surface area (Å²) in [6.45, 7) is 5.59. The summed E-state index contributed by atoms with van der Waals surface area (Å²) in [5, 5.41) is 16.8. The molecular weight excluding hydrogens is 380 g/mol. The van der Waals surface area contributed by atoms with Gasteiger partial charge in [-0.2, -0.15) is 0 Å². The first kappa shape index (κ1) is 21.6. The van der Waals surface area contributed by atoms with Gasteiger partial charge in [0.2, 0.25) is 5.82 Å². The first-order chi connectivity index (χ1) is 13.6. The van der Waals surface area contributed by atoms with E-state index in [9.17, 15) is 19.7 Å². The summed E-state index contributed by atoms with van der Waals surface area (Å²) in [7, 11) is 1.18. The monoisotopic (exact) mass is 402 g/mol. The summed E-state index contributed by atoms with van der Waals surface area (Å²) >= 11 is 0. The average Bonchev–Trinajstić information content (AvgIpc) is 2.65. The van der Waals surface area contributed by atoms with Gasteiger partial charge in [0.1, 0.15) is 5.60 Å². The number of pyridine rings is 1. The van der Waals surface area contributed by atoms with Crippen molar-refractivity contribution in [3.8, 4) is 0 Å². The number of alkyl carbamates (subject to hydrolysis) is 1. The molecule has 1 amide bonds. The largest absolute Gasteiger partial charge is 0.465 e. The van der Waals surface area contributed by atoms with Crippen molar-refractivity contribution in [3.63, 3.8) is 0 Å². The fourth-order valence-electron chi connectivity index (χ4n) is 2.25. The van der Waals surface area contributed by atoms with Gasteiger partial charge in [0, 0.05) is 24.5 Å². The van der Waals surface area contributed by atoms with Gasteiger partial charge in [-0.3, -0.25) is 10.1 Å². The summed E-state index contributed by atoms with van der Waals surface area (Å²) in [6.07, 6.45) is 0.672. The van der Waals surface area contributed by atoms with Crippen LogP contribution in [-0.2, 0) is 16.0 Å². The van der Waals surface area contributed by atoms with E-state index in [1.807, 2.05) is 0 Å². The Kier molecular flexibility index (Phi) is 6.71. The van der Waals surface area contributed by atoms with Gasteiger partial charge in [-0.05, 0) is 38.5 Å². The number of anilines is 2. The number of nitrogens with one attached hydrogen (secondary N) is 2. The van der Waals surface area contributed by atoms with E-state index in [0.717, 1.165) is 11.6 Å². The van der Waals surface area contributed by atoms with Crippen LogP contribution in [0.4, 0.5) is 22.0 Å². The molecule has 0 saturated heterocycles. The lowest BCUT2D eigenvalue weighted by Crippen LogP contribution is -2.32. The lowest BCUT2D eigenvalue weighted by molar-refractivity contribution is -0.384. The molecule has 10 heteroatoms. The van der Waals surface area contributed by atoms with Crippen molar-refractivity contribution in [2.45, 2.75) is 32.9 Å². The molecule has 1 aromatic heterocycles. The number of ether oxygens (including phenoxy) is 2. The highest BCUT2D eigenvalue weighted by Crippen LogP contribution is 2.26. The normalized spacial score (nSPS) is 10.8. The van der Waals surface area contributed by atoms with E-state index in [1.165, 1.54) is 13.3 Å². The molecule has 2 aromatic rings. The number of rotatable bonds is 6. The van der Waals surface area contributed by atoms with Gasteiger partial charge >= 0.3 is 17.7 Å². The highest BCUT2D eigenvalue weighted by Gasteiger charge is 2.20. The predicted octanol–water partition coefficient (Wildman–Crippen LogP) is 3.54. The number of aromatic nitrogens is 1.